The van der Waals surface area contributed by atoms with Crippen molar-refractivity contribution in [3.8, 4) is 0 Å². The Balaban J connectivity index is 1.63. The largest absolute Gasteiger partial charge is 0.381 e. The summed E-state index contributed by atoms with van der Waals surface area (Å²) < 4.78 is 2.22. The van der Waals surface area contributed by atoms with E-state index in [1.54, 1.807) is 0 Å². The molecule has 1 aromatic heterocycles. The third-order valence-corrected chi connectivity index (χ3v) is 3.79. The summed E-state index contributed by atoms with van der Waals surface area (Å²) in [7, 11) is 0. The molecule has 0 aliphatic carbocycles. The molecular formula is C17H21N3O. The maximum absolute atomic E-state index is 11.3. The second-order valence-electron chi connectivity index (χ2n) is 5.53. The van der Waals surface area contributed by atoms with E-state index in [-0.39, 0.29) is 5.91 Å². The van der Waals surface area contributed by atoms with Gasteiger partial charge in [0, 0.05) is 43.3 Å². The van der Waals surface area contributed by atoms with Crippen LogP contribution in [0, 0.1) is 0 Å². The number of rotatable bonds is 5. The van der Waals surface area contributed by atoms with E-state index in [4.69, 9.17) is 0 Å². The zero-order valence-electron chi connectivity index (χ0n) is 12.4. The first-order chi connectivity index (χ1) is 10.2. The van der Waals surface area contributed by atoms with Crippen molar-refractivity contribution in [1.29, 1.82) is 0 Å². The Bertz CT molecular complexity index is 645. The van der Waals surface area contributed by atoms with E-state index >= 15 is 0 Å². The third kappa shape index (κ3) is 3.27. The van der Waals surface area contributed by atoms with E-state index in [9.17, 15) is 4.79 Å². The highest BCUT2D eigenvalue weighted by atomic mass is 16.1. The summed E-state index contributed by atoms with van der Waals surface area (Å²) in [4.78, 5) is 11.3. The lowest BCUT2D eigenvalue weighted by molar-refractivity contribution is -0.116. The molecule has 1 aliphatic rings. The van der Waals surface area contributed by atoms with Crippen molar-refractivity contribution >= 4 is 17.3 Å². The van der Waals surface area contributed by atoms with E-state index in [0.29, 0.717) is 6.42 Å². The second-order valence-corrected chi connectivity index (χ2v) is 5.53. The molecule has 0 saturated heterocycles. The molecule has 1 amide bonds. The molecule has 0 saturated carbocycles. The predicted molar refractivity (Wildman–Crippen MR) is 85.4 cm³/mol. The number of anilines is 2. The van der Waals surface area contributed by atoms with E-state index in [2.05, 4.69) is 46.7 Å². The minimum absolute atomic E-state index is 0.112. The summed E-state index contributed by atoms with van der Waals surface area (Å²) in [5.41, 5.74) is 4.55. The van der Waals surface area contributed by atoms with Gasteiger partial charge in [-0.15, -0.1) is 0 Å². The number of nitrogens with zero attached hydrogens (tertiary/aromatic N) is 1. The van der Waals surface area contributed by atoms with Gasteiger partial charge in [0.15, 0.2) is 0 Å². The van der Waals surface area contributed by atoms with Crippen LogP contribution in [0.5, 0.6) is 0 Å². The van der Waals surface area contributed by atoms with E-state index in [0.717, 1.165) is 37.3 Å². The molecule has 0 unspecified atom stereocenters. The number of carbonyl (C=O) groups excluding carboxylic acids is 1. The number of hydrogen-bond donors (Lipinski definition) is 2. The van der Waals surface area contributed by atoms with E-state index in [1.807, 2.05) is 12.1 Å². The number of aryl methyl sites for hydroxylation is 2. The van der Waals surface area contributed by atoms with E-state index in [1.165, 1.54) is 11.1 Å². The SMILES string of the molecule is CCCn1ccc(CNc2ccc3c(c2)CCC(=O)N3)c1. The highest BCUT2D eigenvalue weighted by Crippen LogP contribution is 2.25. The number of carbonyl (C=O) groups is 1. The lowest BCUT2D eigenvalue weighted by atomic mass is 10.0. The van der Waals surface area contributed by atoms with Crippen LogP contribution in [0.4, 0.5) is 11.4 Å². The van der Waals surface area contributed by atoms with Gasteiger partial charge in [-0.05, 0) is 48.2 Å². The Morgan fingerprint density at radius 3 is 3.05 bits per heavy atom. The van der Waals surface area contributed by atoms with Crippen molar-refractivity contribution < 1.29 is 4.79 Å². The molecule has 3 rings (SSSR count). The summed E-state index contributed by atoms with van der Waals surface area (Å²) in [5, 5.41) is 6.36. The highest BCUT2D eigenvalue weighted by molar-refractivity contribution is 5.94. The average molecular weight is 283 g/mol. The first-order valence-electron chi connectivity index (χ1n) is 7.56. The van der Waals surface area contributed by atoms with Crippen LogP contribution in [0.15, 0.2) is 36.7 Å². The van der Waals surface area contributed by atoms with Gasteiger partial charge in [0.2, 0.25) is 5.91 Å². The molecule has 2 heterocycles. The fraction of sp³-hybridized carbons (Fsp3) is 0.353. The summed E-state index contributed by atoms with van der Waals surface area (Å²) in [5.74, 6) is 0.112. The summed E-state index contributed by atoms with van der Waals surface area (Å²) >= 11 is 0. The lowest BCUT2D eigenvalue weighted by Crippen LogP contribution is -2.18. The maximum Gasteiger partial charge on any atom is 0.224 e. The van der Waals surface area contributed by atoms with Gasteiger partial charge in [-0.2, -0.15) is 0 Å². The van der Waals surface area contributed by atoms with Crippen molar-refractivity contribution in [3.05, 3.63) is 47.8 Å². The van der Waals surface area contributed by atoms with Gasteiger partial charge in [-0.25, -0.2) is 0 Å². The molecule has 0 radical (unpaired) electrons. The topological polar surface area (TPSA) is 46.1 Å². The van der Waals surface area contributed by atoms with Crippen molar-refractivity contribution in [2.45, 2.75) is 39.3 Å². The Morgan fingerprint density at radius 1 is 1.29 bits per heavy atom. The van der Waals surface area contributed by atoms with Gasteiger partial charge in [0.05, 0.1) is 0 Å². The zero-order valence-corrected chi connectivity index (χ0v) is 12.4. The smallest absolute Gasteiger partial charge is 0.224 e. The van der Waals surface area contributed by atoms with Crippen molar-refractivity contribution in [1.82, 2.24) is 4.57 Å². The van der Waals surface area contributed by atoms with Gasteiger partial charge >= 0.3 is 0 Å². The fourth-order valence-corrected chi connectivity index (χ4v) is 2.69. The molecule has 110 valence electrons. The molecule has 4 heteroatoms. The van der Waals surface area contributed by atoms with Gasteiger partial charge in [-0.3, -0.25) is 4.79 Å². The van der Waals surface area contributed by atoms with Crippen LogP contribution >= 0.6 is 0 Å². The van der Waals surface area contributed by atoms with Crippen LogP contribution in [-0.4, -0.2) is 10.5 Å². The standard InChI is InChI=1S/C17H21N3O/c1-2-8-20-9-7-13(12-20)11-18-15-4-5-16-14(10-15)3-6-17(21)19-16/h4-5,7,9-10,12,18H,2-3,6,8,11H2,1H3,(H,19,21). The van der Waals surface area contributed by atoms with Crippen LogP contribution < -0.4 is 10.6 Å². The molecule has 21 heavy (non-hydrogen) atoms. The first-order valence-corrected chi connectivity index (χ1v) is 7.56. The number of amides is 1. The molecule has 2 aromatic rings. The van der Waals surface area contributed by atoms with Crippen LogP contribution in [0.3, 0.4) is 0 Å². The van der Waals surface area contributed by atoms with Crippen LogP contribution in [0.25, 0.3) is 0 Å². The molecular weight excluding hydrogens is 262 g/mol. The Morgan fingerprint density at radius 2 is 2.19 bits per heavy atom. The molecule has 1 aliphatic heterocycles. The van der Waals surface area contributed by atoms with Crippen LogP contribution in [0.1, 0.15) is 30.9 Å². The summed E-state index contributed by atoms with van der Waals surface area (Å²) in [6, 6.07) is 8.30. The zero-order chi connectivity index (χ0) is 14.7. The fourth-order valence-electron chi connectivity index (χ4n) is 2.69. The van der Waals surface area contributed by atoms with Gasteiger partial charge < -0.3 is 15.2 Å². The van der Waals surface area contributed by atoms with Gasteiger partial charge in [0.1, 0.15) is 0 Å². The minimum atomic E-state index is 0.112. The molecule has 0 atom stereocenters. The van der Waals surface area contributed by atoms with Gasteiger partial charge in [-0.1, -0.05) is 6.92 Å². The van der Waals surface area contributed by atoms with Crippen LogP contribution in [-0.2, 0) is 24.3 Å². The monoisotopic (exact) mass is 283 g/mol. The Labute approximate surface area is 125 Å². The molecule has 0 spiro atoms. The van der Waals surface area contributed by atoms with Crippen molar-refractivity contribution in [2.75, 3.05) is 10.6 Å². The van der Waals surface area contributed by atoms with Crippen LogP contribution in [0.2, 0.25) is 0 Å². The number of aromatic nitrogens is 1. The Hall–Kier alpha value is -2.23. The number of benzene rings is 1. The summed E-state index contributed by atoms with van der Waals surface area (Å²) in [6.45, 7) is 4.07. The number of fused-ring (bicyclic) bond motifs is 1. The molecule has 2 N–H and O–H groups in total. The average Bonchev–Trinajstić information content (AvgIpc) is 2.93. The number of hydrogen-bond acceptors (Lipinski definition) is 2. The molecule has 0 bridgehead atoms. The Kier molecular flexibility index (Phi) is 3.95. The maximum atomic E-state index is 11.3. The number of nitrogens with one attached hydrogen (secondary N) is 2. The predicted octanol–water partition coefficient (Wildman–Crippen LogP) is 3.39. The first kappa shape index (κ1) is 13.7. The second kappa shape index (κ2) is 6.04. The van der Waals surface area contributed by atoms with Crippen molar-refractivity contribution in [3.63, 3.8) is 0 Å². The lowest BCUT2D eigenvalue weighted by Gasteiger charge is -2.18. The minimum Gasteiger partial charge on any atom is -0.381 e. The molecule has 0 fully saturated rings. The third-order valence-electron chi connectivity index (χ3n) is 3.79. The van der Waals surface area contributed by atoms with Gasteiger partial charge in [0.25, 0.3) is 0 Å². The summed E-state index contributed by atoms with van der Waals surface area (Å²) in [6.07, 6.45) is 6.87. The normalized spacial score (nSPS) is 13.7. The highest BCUT2D eigenvalue weighted by Gasteiger charge is 2.14. The molecule has 4 nitrogen and oxygen atoms in total. The van der Waals surface area contributed by atoms with Crippen molar-refractivity contribution in [2.24, 2.45) is 0 Å². The quantitative estimate of drug-likeness (QED) is 0.883. The molecule has 1 aromatic carbocycles. The van der Waals surface area contributed by atoms with E-state index < -0.39 is 0 Å².